The van der Waals surface area contributed by atoms with Crippen LogP contribution in [0.3, 0.4) is 0 Å². The molecule has 1 fully saturated rings. The normalized spacial score (nSPS) is 21.7. The van der Waals surface area contributed by atoms with Gasteiger partial charge in [-0.25, -0.2) is 0 Å². The van der Waals surface area contributed by atoms with Crippen molar-refractivity contribution in [3.63, 3.8) is 0 Å². The third-order valence-corrected chi connectivity index (χ3v) is 5.03. The highest BCUT2D eigenvalue weighted by Gasteiger charge is 2.47. The number of carbonyl (C=O) groups excluding carboxylic acids is 4. The van der Waals surface area contributed by atoms with Crippen LogP contribution >= 0.6 is 23.2 Å². The fourth-order valence-corrected chi connectivity index (χ4v) is 3.65. The molecule has 0 radical (unpaired) electrons. The van der Waals surface area contributed by atoms with E-state index in [1.165, 1.54) is 18.2 Å². The second kappa shape index (κ2) is 7.60. The van der Waals surface area contributed by atoms with Gasteiger partial charge in [0.15, 0.2) is 6.61 Å². The van der Waals surface area contributed by atoms with E-state index in [-0.39, 0.29) is 22.4 Å². The number of hydrogen-bond acceptors (Lipinski definition) is 5. The monoisotopic (exact) mass is 395 g/mol. The number of ether oxygens (including phenoxy) is 1. The number of carbonyl (C=O) groups is 4. The van der Waals surface area contributed by atoms with Crippen molar-refractivity contribution in [3.8, 4) is 0 Å². The zero-order chi connectivity index (χ0) is 18.8. The number of Topliss-reactive ketones (excluding diaryl/α,β-unsaturated/α-hetero) is 1. The number of esters is 1. The van der Waals surface area contributed by atoms with Crippen molar-refractivity contribution in [3.05, 3.63) is 46.0 Å². The summed E-state index contributed by atoms with van der Waals surface area (Å²) in [6.45, 7) is -1.03. The van der Waals surface area contributed by atoms with Gasteiger partial charge in [0.25, 0.3) is 0 Å². The van der Waals surface area contributed by atoms with Crippen molar-refractivity contribution < 1.29 is 23.9 Å². The van der Waals surface area contributed by atoms with Crippen LogP contribution < -0.4 is 0 Å². The van der Waals surface area contributed by atoms with E-state index in [1.807, 2.05) is 12.2 Å². The molecular formula is C18H15Cl2NO5. The van der Waals surface area contributed by atoms with Crippen molar-refractivity contribution in [1.82, 2.24) is 4.90 Å². The molecule has 0 saturated carbocycles. The molecule has 8 heteroatoms. The maximum absolute atomic E-state index is 12.3. The standard InChI is InChI=1S/C18H15Cl2NO5/c19-10-5-6-13(14(20)7-10)15(22)9-26-16(23)8-21-17(24)11-3-1-2-4-12(11)18(21)25/h1-2,5-7,11-12H,3-4,8-9H2. The van der Waals surface area contributed by atoms with Crippen LogP contribution in [-0.4, -0.2) is 41.6 Å². The Morgan fingerprint density at radius 1 is 1.08 bits per heavy atom. The van der Waals surface area contributed by atoms with Gasteiger partial charge in [0, 0.05) is 10.6 Å². The van der Waals surface area contributed by atoms with Gasteiger partial charge in [-0.2, -0.15) is 0 Å². The number of benzene rings is 1. The fraction of sp³-hybridized carbons (Fsp3) is 0.333. The molecule has 26 heavy (non-hydrogen) atoms. The number of likely N-dealkylation sites (tertiary alicyclic amines) is 1. The summed E-state index contributed by atoms with van der Waals surface area (Å²) in [5.41, 5.74) is 0.175. The van der Waals surface area contributed by atoms with E-state index >= 15 is 0 Å². The number of amides is 2. The number of rotatable bonds is 5. The largest absolute Gasteiger partial charge is 0.456 e. The van der Waals surface area contributed by atoms with Gasteiger partial charge >= 0.3 is 5.97 Å². The highest BCUT2D eigenvalue weighted by molar-refractivity contribution is 6.36. The Morgan fingerprint density at radius 3 is 2.27 bits per heavy atom. The predicted octanol–water partition coefficient (Wildman–Crippen LogP) is 2.67. The van der Waals surface area contributed by atoms with Crippen LogP contribution in [0.1, 0.15) is 23.2 Å². The van der Waals surface area contributed by atoms with Crippen LogP contribution in [0.15, 0.2) is 30.4 Å². The van der Waals surface area contributed by atoms with Crippen molar-refractivity contribution in [2.45, 2.75) is 12.8 Å². The molecule has 0 bridgehead atoms. The quantitative estimate of drug-likeness (QED) is 0.331. The summed E-state index contributed by atoms with van der Waals surface area (Å²) in [6.07, 6.45) is 4.72. The Hall–Kier alpha value is -2.18. The molecule has 1 aromatic rings. The summed E-state index contributed by atoms with van der Waals surface area (Å²) in [5.74, 6) is -2.87. The number of imide groups is 1. The first-order valence-electron chi connectivity index (χ1n) is 8.02. The van der Waals surface area contributed by atoms with Gasteiger partial charge < -0.3 is 4.74 Å². The molecule has 3 rings (SSSR count). The Morgan fingerprint density at radius 2 is 1.69 bits per heavy atom. The van der Waals surface area contributed by atoms with Gasteiger partial charge in [-0.3, -0.25) is 24.1 Å². The Balaban J connectivity index is 1.57. The minimum atomic E-state index is -0.822. The van der Waals surface area contributed by atoms with E-state index < -0.39 is 36.7 Å². The van der Waals surface area contributed by atoms with Crippen LogP contribution in [0.25, 0.3) is 0 Å². The molecule has 1 aliphatic carbocycles. The molecule has 2 aliphatic rings. The third kappa shape index (κ3) is 3.66. The molecule has 0 spiro atoms. The van der Waals surface area contributed by atoms with Crippen molar-refractivity contribution in [2.24, 2.45) is 11.8 Å². The summed E-state index contributed by atoms with van der Waals surface area (Å²) >= 11 is 11.7. The summed E-state index contributed by atoms with van der Waals surface area (Å²) < 4.78 is 4.91. The molecule has 2 atom stereocenters. The van der Waals surface area contributed by atoms with E-state index in [0.717, 1.165) is 4.90 Å². The Kier molecular flexibility index (Phi) is 5.44. The molecule has 2 unspecified atom stereocenters. The summed E-state index contributed by atoms with van der Waals surface area (Å²) in [6, 6.07) is 4.35. The van der Waals surface area contributed by atoms with Gasteiger partial charge in [0.1, 0.15) is 6.54 Å². The first-order valence-corrected chi connectivity index (χ1v) is 8.78. The highest BCUT2D eigenvalue weighted by Crippen LogP contribution is 2.34. The molecule has 1 saturated heterocycles. The van der Waals surface area contributed by atoms with Gasteiger partial charge in [0.2, 0.25) is 17.6 Å². The van der Waals surface area contributed by atoms with Crippen molar-refractivity contribution >= 4 is 46.8 Å². The number of halogens is 2. The van der Waals surface area contributed by atoms with E-state index in [2.05, 4.69) is 0 Å². The number of hydrogen-bond donors (Lipinski definition) is 0. The zero-order valence-electron chi connectivity index (χ0n) is 13.6. The maximum Gasteiger partial charge on any atom is 0.326 e. The molecular weight excluding hydrogens is 381 g/mol. The lowest BCUT2D eigenvalue weighted by Crippen LogP contribution is -2.37. The average molecular weight is 396 g/mol. The lowest BCUT2D eigenvalue weighted by atomic mass is 9.85. The van der Waals surface area contributed by atoms with E-state index in [0.29, 0.717) is 17.9 Å². The van der Waals surface area contributed by atoms with Gasteiger partial charge in [-0.1, -0.05) is 35.4 Å². The van der Waals surface area contributed by atoms with E-state index in [9.17, 15) is 19.2 Å². The molecule has 1 heterocycles. The topological polar surface area (TPSA) is 80.8 Å². The zero-order valence-corrected chi connectivity index (χ0v) is 15.1. The van der Waals surface area contributed by atoms with Gasteiger partial charge in [-0.15, -0.1) is 0 Å². The minimum Gasteiger partial charge on any atom is -0.456 e. The van der Waals surface area contributed by atoms with Crippen LogP contribution in [-0.2, 0) is 19.1 Å². The molecule has 0 N–H and O–H groups in total. The number of fused-ring (bicyclic) bond motifs is 1. The predicted molar refractivity (Wildman–Crippen MR) is 93.8 cm³/mol. The Labute approximate surface area is 159 Å². The van der Waals surface area contributed by atoms with Crippen LogP contribution in [0.5, 0.6) is 0 Å². The van der Waals surface area contributed by atoms with E-state index in [1.54, 1.807) is 0 Å². The molecule has 1 aromatic carbocycles. The lowest BCUT2D eigenvalue weighted by molar-refractivity contribution is -0.152. The highest BCUT2D eigenvalue weighted by atomic mass is 35.5. The smallest absolute Gasteiger partial charge is 0.326 e. The summed E-state index contributed by atoms with van der Waals surface area (Å²) in [5, 5.41) is 0.533. The number of ketones is 1. The maximum atomic E-state index is 12.3. The summed E-state index contributed by atoms with van der Waals surface area (Å²) in [4.78, 5) is 49.6. The number of nitrogens with zero attached hydrogens (tertiary/aromatic N) is 1. The molecule has 6 nitrogen and oxygen atoms in total. The van der Waals surface area contributed by atoms with Gasteiger partial charge in [0.05, 0.1) is 16.9 Å². The molecule has 2 amide bonds. The summed E-state index contributed by atoms with van der Waals surface area (Å²) in [7, 11) is 0. The van der Waals surface area contributed by atoms with Crippen LogP contribution in [0.2, 0.25) is 10.0 Å². The molecule has 136 valence electrons. The van der Waals surface area contributed by atoms with Crippen molar-refractivity contribution in [2.75, 3.05) is 13.2 Å². The number of allylic oxidation sites excluding steroid dienone is 2. The second-order valence-electron chi connectivity index (χ2n) is 6.13. The third-order valence-electron chi connectivity index (χ3n) is 4.48. The lowest BCUT2D eigenvalue weighted by Gasteiger charge is -2.14. The average Bonchev–Trinajstić information content (AvgIpc) is 2.85. The van der Waals surface area contributed by atoms with Crippen LogP contribution in [0.4, 0.5) is 0 Å². The second-order valence-corrected chi connectivity index (χ2v) is 6.97. The minimum absolute atomic E-state index is 0.153. The first-order chi connectivity index (χ1) is 12.4. The fourth-order valence-electron chi connectivity index (χ4n) is 3.14. The first kappa shape index (κ1) is 18.6. The SMILES string of the molecule is O=C(CN1C(=O)C2CC=CCC2C1=O)OCC(=O)c1ccc(Cl)cc1Cl. The Bertz CT molecular complexity index is 794. The van der Waals surface area contributed by atoms with Crippen molar-refractivity contribution in [1.29, 1.82) is 0 Å². The van der Waals surface area contributed by atoms with E-state index in [4.69, 9.17) is 27.9 Å². The van der Waals surface area contributed by atoms with Crippen LogP contribution in [0, 0.1) is 11.8 Å². The molecule has 0 aromatic heterocycles. The van der Waals surface area contributed by atoms with Gasteiger partial charge in [-0.05, 0) is 31.0 Å². The molecule has 1 aliphatic heterocycles.